The van der Waals surface area contributed by atoms with Gasteiger partial charge in [0, 0.05) is 0 Å². The Labute approximate surface area is 133 Å². The molecule has 0 heterocycles. The van der Waals surface area contributed by atoms with Crippen LogP contribution in [-0.4, -0.2) is 18.3 Å². The van der Waals surface area contributed by atoms with E-state index in [1.165, 1.54) is 22.3 Å². The predicted molar refractivity (Wildman–Crippen MR) is 91.2 cm³/mol. The van der Waals surface area contributed by atoms with Gasteiger partial charge in [0.05, 0.1) is 13.2 Å². The molecule has 0 aliphatic rings. The molecule has 22 heavy (non-hydrogen) atoms. The van der Waals surface area contributed by atoms with E-state index < -0.39 is 0 Å². The number of rotatable bonds is 7. The van der Waals surface area contributed by atoms with Crippen molar-refractivity contribution >= 4 is 0 Å². The highest BCUT2D eigenvalue weighted by Crippen LogP contribution is 2.33. The first-order valence-corrected chi connectivity index (χ1v) is 8.08. The molecule has 2 heteroatoms. The van der Waals surface area contributed by atoms with Gasteiger partial charge in [-0.3, -0.25) is 0 Å². The Hall–Kier alpha value is -1.64. The molecular weight excluding hydrogens is 272 g/mol. The van der Waals surface area contributed by atoms with Crippen LogP contribution in [0.3, 0.4) is 0 Å². The van der Waals surface area contributed by atoms with Crippen LogP contribution < -0.4 is 0 Å². The van der Waals surface area contributed by atoms with Crippen LogP contribution in [0.4, 0.5) is 0 Å². The second-order valence-corrected chi connectivity index (χ2v) is 5.81. The SMILES string of the molecule is CCc1ccccc1[C@@H](OCCO)c1ccccc1C(C)C. The van der Waals surface area contributed by atoms with Crippen LogP contribution in [0.25, 0.3) is 0 Å². The quantitative estimate of drug-likeness (QED) is 0.817. The number of hydrogen-bond donors (Lipinski definition) is 1. The van der Waals surface area contributed by atoms with Gasteiger partial charge in [-0.1, -0.05) is 69.3 Å². The Bertz CT molecular complexity index is 590. The van der Waals surface area contributed by atoms with E-state index in [1.54, 1.807) is 0 Å². The monoisotopic (exact) mass is 298 g/mol. The summed E-state index contributed by atoms with van der Waals surface area (Å²) < 4.78 is 6.05. The Morgan fingerprint density at radius 3 is 2.09 bits per heavy atom. The summed E-state index contributed by atoms with van der Waals surface area (Å²) in [5.41, 5.74) is 5.00. The lowest BCUT2D eigenvalue weighted by molar-refractivity contribution is 0.0491. The van der Waals surface area contributed by atoms with Gasteiger partial charge in [0.2, 0.25) is 0 Å². The van der Waals surface area contributed by atoms with E-state index in [4.69, 9.17) is 4.74 Å². The summed E-state index contributed by atoms with van der Waals surface area (Å²) >= 11 is 0. The maximum absolute atomic E-state index is 9.19. The van der Waals surface area contributed by atoms with E-state index >= 15 is 0 Å². The maximum Gasteiger partial charge on any atom is 0.108 e. The van der Waals surface area contributed by atoms with Crippen molar-refractivity contribution in [1.29, 1.82) is 0 Å². The molecule has 0 spiro atoms. The molecule has 0 fully saturated rings. The van der Waals surface area contributed by atoms with E-state index in [1.807, 2.05) is 0 Å². The van der Waals surface area contributed by atoms with Crippen molar-refractivity contribution in [3.63, 3.8) is 0 Å². The first kappa shape index (κ1) is 16.7. The fraction of sp³-hybridized carbons (Fsp3) is 0.400. The van der Waals surface area contributed by atoms with Gasteiger partial charge >= 0.3 is 0 Å². The van der Waals surface area contributed by atoms with Crippen molar-refractivity contribution in [2.75, 3.05) is 13.2 Å². The van der Waals surface area contributed by atoms with Crippen LogP contribution in [0, 0.1) is 0 Å². The number of hydrogen-bond acceptors (Lipinski definition) is 2. The first-order valence-electron chi connectivity index (χ1n) is 8.08. The van der Waals surface area contributed by atoms with Gasteiger partial charge in [0.1, 0.15) is 6.10 Å². The molecular formula is C20H26O2. The van der Waals surface area contributed by atoms with Gasteiger partial charge in [-0.25, -0.2) is 0 Å². The van der Waals surface area contributed by atoms with E-state index in [0.29, 0.717) is 12.5 Å². The van der Waals surface area contributed by atoms with Crippen molar-refractivity contribution in [1.82, 2.24) is 0 Å². The summed E-state index contributed by atoms with van der Waals surface area (Å²) in [5, 5.41) is 9.19. The number of aliphatic hydroxyl groups is 1. The summed E-state index contributed by atoms with van der Waals surface area (Å²) in [5.74, 6) is 0.435. The zero-order valence-corrected chi connectivity index (χ0v) is 13.8. The van der Waals surface area contributed by atoms with Crippen LogP contribution in [0.5, 0.6) is 0 Å². The van der Waals surface area contributed by atoms with Crippen molar-refractivity contribution in [3.8, 4) is 0 Å². The van der Waals surface area contributed by atoms with Crippen LogP contribution in [-0.2, 0) is 11.2 Å². The van der Waals surface area contributed by atoms with Gasteiger partial charge in [-0.2, -0.15) is 0 Å². The molecule has 1 atom stereocenters. The minimum absolute atomic E-state index is 0.0363. The van der Waals surface area contributed by atoms with Gasteiger partial charge < -0.3 is 9.84 Å². The lowest BCUT2D eigenvalue weighted by Gasteiger charge is -2.24. The highest BCUT2D eigenvalue weighted by molar-refractivity contribution is 5.41. The van der Waals surface area contributed by atoms with Crippen LogP contribution in [0.2, 0.25) is 0 Å². The maximum atomic E-state index is 9.19. The van der Waals surface area contributed by atoms with Crippen molar-refractivity contribution in [2.24, 2.45) is 0 Å². The minimum Gasteiger partial charge on any atom is -0.394 e. The van der Waals surface area contributed by atoms with Crippen molar-refractivity contribution in [3.05, 3.63) is 70.8 Å². The van der Waals surface area contributed by atoms with Gasteiger partial charge in [-0.05, 0) is 34.6 Å². The predicted octanol–water partition coefficient (Wildman–Crippen LogP) is 4.47. The lowest BCUT2D eigenvalue weighted by atomic mass is 9.89. The second kappa shape index (κ2) is 8.11. The Morgan fingerprint density at radius 2 is 1.50 bits per heavy atom. The molecule has 0 amide bonds. The minimum atomic E-state index is -0.123. The zero-order valence-electron chi connectivity index (χ0n) is 13.8. The third-order valence-corrected chi connectivity index (χ3v) is 3.99. The summed E-state index contributed by atoms with van der Waals surface area (Å²) in [7, 11) is 0. The van der Waals surface area contributed by atoms with Gasteiger partial charge in [-0.15, -0.1) is 0 Å². The summed E-state index contributed by atoms with van der Waals surface area (Å²) in [6.07, 6.45) is 0.848. The van der Waals surface area contributed by atoms with Gasteiger partial charge in [0.25, 0.3) is 0 Å². The molecule has 118 valence electrons. The number of ether oxygens (including phenoxy) is 1. The highest BCUT2D eigenvalue weighted by Gasteiger charge is 2.21. The number of aryl methyl sites for hydroxylation is 1. The smallest absolute Gasteiger partial charge is 0.108 e. The number of aliphatic hydroxyl groups excluding tert-OH is 1. The van der Waals surface area contributed by atoms with Crippen LogP contribution in [0.15, 0.2) is 48.5 Å². The Kier molecular flexibility index (Phi) is 6.17. The standard InChI is InChI=1S/C20H26O2/c1-4-16-9-5-6-11-18(16)20(22-14-13-21)19-12-8-7-10-17(19)15(2)3/h5-12,15,20-21H,4,13-14H2,1-3H3/t20-/m1/s1. The average molecular weight is 298 g/mol. The fourth-order valence-corrected chi connectivity index (χ4v) is 2.91. The van der Waals surface area contributed by atoms with E-state index in [-0.39, 0.29) is 12.7 Å². The summed E-state index contributed by atoms with van der Waals surface area (Å²) in [6.45, 7) is 6.95. The zero-order chi connectivity index (χ0) is 15.9. The molecule has 0 saturated carbocycles. The first-order chi connectivity index (χ1) is 10.7. The molecule has 0 aliphatic carbocycles. The number of benzene rings is 2. The molecule has 2 aromatic carbocycles. The molecule has 2 aromatic rings. The molecule has 0 unspecified atom stereocenters. The van der Waals surface area contributed by atoms with E-state index in [0.717, 1.165) is 6.42 Å². The highest BCUT2D eigenvalue weighted by atomic mass is 16.5. The average Bonchev–Trinajstić information content (AvgIpc) is 2.56. The third kappa shape index (κ3) is 3.76. The fourth-order valence-electron chi connectivity index (χ4n) is 2.91. The Morgan fingerprint density at radius 1 is 0.909 bits per heavy atom. The van der Waals surface area contributed by atoms with E-state index in [2.05, 4.69) is 69.3 Å². The van der Waals surface area contributed by atoms with E-state index in [9.17, 15) is 5.11 Å². The summed E-state index contributed by atoms with van der Waals surface area (Å²) in [6, 6.07) is 16.9. The molecule has 2 nitrogen and oxygen atoms in total. The topological polar surface area (TPSA) is 29.5 Å². The molecule has 0 radical (unpaired) electrons. The molecule has 0 saturated heterocycles. The molecule has 0 aliphatic heterocycles. The Balaban J connectivity index is 2.51. The van der Waals surface area contributed by atoms with Crippen molar-refractivity contribution < 1.29 is 9.84 Å². The van der Waals surface area contributed by atoms with Crippen LogP contribution in [0.1, 0.15) is 55.0 Å². The largest absolute Gasteiger partial charge is 0.394 e. The second-order valence-electron chi connectivity index (χ2n) is 5.81. The normalized spacial score (nSPS) is 12.6. The third-order valence-electron chi connectivity index (χ3n) is 3.99. The molecule has 0 bridgehead atoms. The molecule has 2 rings (SSSR count). The molecule has 1 N–H and O–H groups in total. The summed E-state index contributed by atoms with van der Waals surface area (Å²) in [4.78, 5) is 0. The lowest BCUT2D eigenvalue weighted by Crippen LogP contribution is -2.14. The van der Waals surface area contributed by atoms with Crippen LogP contribution >= 0.6 is 0 Å². The van der Waals surface area contributed by atoms with Crippen molar-refractivity contribution in [2.45, 2.75) is 39.2 Å². The van der Waals surface area contributed by atoms with Gasteiger partial charge in [0.15, 0.2) is 0 Å². The molecule has 0 aromatic heterocycles.